The number of benzene rings is 3. The van der Waals surface area contributed by atoms with Crippen LogP contribution in [0, 0.1) is 6.92 Å². The third-order valence-corrected chi connectivity index (χ3v) is 6.51. The van der Waals surface area contributed by atoms with Crippen molar-refractivity contribution in [3.63, 3.8) is 0 Å². The topological polar surface area (TPSA) is 121 Å². The van der Waals surface area contributed by atoms with Gasteiger partial charge in [-0.1, -0.05) is 17.7 Å². The van der Waals surface area contributed by atoms with Crippen LogP contribution in [-0.4, -0.2) is 29.0 Å². The van der Waals surface area contributed by atoms with Crippen LogP contribution in [0.5, 0.6) is 0 Å². The average Bonchev–Trinajstić information content (AvgIpc) is 2.68. The number of nitrogens with one attached hydrogen (secondary N) is 3. The number of halogens is 1. The summed E-state index contributed by atoms with van der Waals surface area (Å²) >= 11 is 5.88. The largest absolute Gasteiger partial charge is 0.322 e. The summed E-state index contributed by atoms with van der Waals surface area (Å²) in [5.41, 5.74) is 2.01. The number of sulfonamides is 2. The predicted octanol–water partition coefficient (Wildman–Crippen LogP) is 4.07. The van der Waals surface area contributed by atoms with Crippen molar-refractivity contribution in [2.45, 2.75) is 11.8 Å². The van der Waals surface area contributed by atoms with Gasteiger partial charge in [-0.3, -0.25) is 14.2 Å². The Bertz CT molecular complexity index is 1370. The fourth-order valence-electron chi connectivity index (χ4n) is 2.81. The van der Waals surface area contributed by atoms with Crippen molar-refractivity contribution in [3.8, 4) is 0 Å². The zero-order valence-electron chi connectivity index (χ0n) is 17.1. The highest BCUT2D eigenvalue weighted by atomic mass is 35.5. The van der Waals surface area contributed by atoms with E-state index in [-0.39, 0.29) is 4.90 Å². The minimum atomic E-state index is -3.83. The molecule has 11 heteroatoms. The van der Waals surface area contributed by atoms with Gasteiger partial charge in [-0.25, -0.2) is 16.8 Å². The third kappa shape index (κ3) is 6.22. The van der Waals surface area contributed by atoms with Gasteiger partial charge < -0.3 is 5.32 Å². The molecule has 0 aliphatic heterocycles. The van der Waals surface area contributed by atoms with Gasteiger partial charge in [0.1, 0.15) is 0 Å². The number of hydrogen-bond donors (Lipinski definition) is 3. The summed E-state index contributed by atoms with van der Waals surface area (Å²) in [4.78, 5) is 12.5. The van der Waals surface area contributed by atoms with Gasteiger partial charge in [0.05, 0.1) is 22.5 Å². The summed E-state index contributed by atoms with van der Waals surface area (Å²) in [6.07, 6.45) is 1.04. The van der Waals surface area contributed by atoms with Crippen molar-refractivity contribution < 1.29 is 21.6 Å². The molecule has 0 aliphatic rings. The van der Waals surface area contributed by atoms with Crippen LogP contribution in [0.3, 0.4) is 0 Å². The van der Waals surface area contributed by atoms with Crippen molar-refractivity contribution in [3.05, 3.63) is 82.9 Å². The van der Waals surface area contributed by atoms with E-state index in [1.54, 1.807) is 31.2 Å². The van der Waals surface area contributed by atoms with E-state index in [1.807, 2.05) is 0 Å². The van der Waals surface area contributed by atoms with Crippen LogP contribution in [0.15, 0.2) is 71.6 Å². The molecule has 1 amide bonds. The van der Waals surface area contributed by atoms with Crippen LogP contribution in [-0.2, 0) is 20.0 Å². The maximum atomic E-state index is 12.5. The Balaban J connectivity index is 1.71. The van der Waals surface area contributed by atoms with E-state index in [1.165, 1.54) is 42.5 Å². The lowest BCUT2D eigenvalue weighted by Gasteiger charge is -2.11. The van der Waals surface area contributed by atoms with E-state index in [0.29, 0.717) is 33.2 Å². The molecule has 0 heterocycles. The van der Waals surface area contributed by atoms with Gasteiger partial charge in [0, 0.05) is 16.3 Å². The summed E-state index contributed by atoms with van der Waals surface area (Å²) in [7, 11) is -7.26. The Kier molecular flexibility index (Phi) is 6.77. The van der Waals surface area contributed by atoms with Crippen molar-refractivity contribution >= 4 is 54.6 Å². The number of aryl methyl sites for hydroxylation is 1. The molecule has 0 bridgehead atoms. The average molecular weight is 494 g/mol. The number of hydrogen-bond acceptors (Lipinski definition) is 5. The fraction of sp³-hybridized carbons (Fsp3) is 0.0952. The highest BCUT2D eigenvalue weighted by Crippen LogP contribution is 2.22. The standard InChI is InChI=1S/C21H20ClN3O5S2/c1-14-12-15(6-11-20(14)25-31(2,27)28)21(26)23-17-7-9-19(10-8-17)32(29,30)24-18-5-3-4-16(22)13-18/h3-13,24-25H,1-2H3,(H,23,26). The van der Waals surface area contributed by atoms with Gasteiger partial charge in [0.25, 0.3) is 15.9 Å². The maximum absolute atomic E-state index is 12.5. The number of rotatable bonds is 7. The third-order valence-electron chi connectivity index (χ3n) is 4.28. The Morgan fingerprint density at radius 2 is 1.53 bits per heavy atom. The molecule has 0 saturated heterocycles. The van der Waals surface area contributed by atoms with Gasteiger partial charge >= 0.3 is 0 Å². The Morgan fingerprint density at radius 3 is 2.12 bits per heavy atom. The monoisotopic (exact) mass is 493 g/mol. The lowest BCUT2D eigenvalue weighted by atomic mass is 10.1. The van der Waals surface area contributed by atoms with E-state index in [4.69, 9.17) is 11.6 Å². The lowest BCUT2D eigenvalue weighted by molar-refractivity contribution is 0.102. The fourth-order valence-corrected chi connectivity index (χ4v) is 4.67. The smallest absolute Gasteiger partial charge is 0.261 e. The SMILES string of the molecule is Cc1cc(C(=O)Nc2ccc(S(=O)(=O)Nc3cccc(Cl)c3)cc2)ccc1NS(C)(=O)=O. The van der Waals surface area contributed by atoms with E-state index >= 15 is 0 Å². The van der Waals surface area contributed by atoms with Crippen molar-refractivity contribution in [1.29, 1.82) is 0 Å². The van der Waals surface area contributed by atoms with Crippen LogP contribution >= 0.6 is 11.6 Å². The van der Waals surface area contributed by atoms with E-state index in [9.17, 15) is 21.6 Å². The summed E-state index contributed by atoms with van der Waals surface area (Å²) in [6, 6.07) is 16.6. The van der Waals surface area contributed by atoms with Crippen LogP contribution in [0.2, 0.25) is 5.02 Å². The van der Waals surface area contributed by atoms with Crippen molar-refractivity contribution in [2.24, 2.45) is 0 Å². The van der Waals surface area contributed by atoms with Crippen molar-refractivity contribution in [2.75, 3.05) is 21.0 Å². The first-order chi connectivity index (χ1) is 14.9. The first-order valence-corrected chi connectivity index (χ1v) is 13.0. The van der Waals surface area contributed by atoms with Crippen LogP contribution in [0.4, 0.5) is 17.1 Å². The zero-order valence-corrected chi connectivity index (χ0v) is 19.5. The zero-order chi connectivity index (χ0) is 23.5. The Morgan fingerprint density at radius 1 is 0.844 bits per heavy atom. The molecule has 0 aliphatic carbocycles. The molecular weight excluding hydrogens is 474 g/mol. The second-order valence-electron chi connectivity index (χ2n) is 7.00. The molecule has 0 radical (unpaired) electrons. The molecule has 0 aromatic heterocycles. The van der Waals surface area contributed by atoms with Crippen LogP contribution < -0.4 is 14.8 Å². The molecule has 8 nitrogen and oxygen atoms in total. The Hall–Kier alpha value is -3.08. The van der Waals surface area contributed by atoms with Gasteiger partial charge in [0.2, 0.25) is 10.0 Å². The lowest BCUT2D eigenvalue weighted by Crippen LogP contribution is -2.15. The number of amides is 1. The number of anilines is 3. The first-order valence-electron chi connectivity index (χ1n) is 9.21. The second-order valence-corrected chi connectivity index (χ2v) is 10.9. The molecule has 0 fully saturated rings. The second kappa shape index (κ2) is 9.19. The first kappa shape index (κ1) is 23.6. The number of carbonyl (C=O) groups is 1. The van der Waals surface area contributed by atoms with Gasteiger partial charge in [-0.15, -0.1) is 0 Å². The van der Waals surface area contributed by atoms with E-state index in [0.717, 1.165) is 6.26 Å². The molecule has 32 heavy (non-hydrogen) atoms. The molecule has 0 atom stereocenters. The van der Waals surface area contributed by atoms with Crippen LogP contribution in [0.1, 0.15) is 15.9 Å². The van der Waals surface area contributed by atoms with Gasteiger partial charge in [-0.05, 0) is 73.2 Å². The predicted molar refractivity (Wildman–Crippen MR) is 126 cm³/mol. The molecule has 3 aromatic carbocycles. The quantitative estimate of drug-likeness (QED) is 0.458. The molecule has 0 spiro atoms. The normalized spacial score (nSPS) is 11.6. The maximum Gasteiger partial charge on any atom is 0.261 e. The molecular formula is C21H20ClN3O5S2. The molecule has 3 aromatic rings. The minimum Gasteiger partial charge on any atom is -0.322 e. The minimum absolute atomic E-state index is 0.0162. The highest BCUT2D eigenvalue weighted by Gasteiger charge is 2.15. The summed E-state index contributed by atoms with van der Waals surface area (Å²) < 4.78 is 52.7. The number of carbonyl (C=O) groups excluding carboxylic acids is 1. The molecule has 3 rings (SSSR count). The molecule has 168 valence electrons. The van der Waals surface area contributed by atoms with E-state index in [2.05, 4.69) is 14.8 Å². The summed E-state index contributed by atoms with van der Waals surface area (Å²) in [6.45, 7) is 1.68. The van der Waals surface area contributed by atoms with Gasteiger partial charge in [0.15, 0.2) is 0 Å². The summed E-state index contributed by atoms with van der Waals surface area (Å²) in [5.74, 6) is -0.424. The highest BCUT2D eigenvalue weighted by molar-refractivity contribution is 7.92. The summed E-state index contributed by atoms with van der Waals surface area (Å²) in [5, 5.41) is 3.08. The molecule has 3 N–H and O–H groups in total. The molecule has 0 unspecified atom stereocenters. The van der Waals surface area contributed by atoms with Crippen LogP contribution in [0.25, 0.3) is 0 Å². The Labute approximate surface area is 191 Å². The van der Waals surface area contributed by atoms with Gasteiger partial charge in [-0.2, -0.15) is 0 Å². The van der Waals surface area contributed by atoms with E-state index < -0.39 is 26.0 Å². The molecule has 0 saturated carbocycles. The van der Waals surface area contributed by atoms with Crippen molar-refractivity contribution in [1.82, 2.24) is 0 Å².